The Morgan fingerprint density at radius 3 is 3.00 bits per heavy atom. The Bertz CT molecular complexity index is 373. The maximum absolute atomic E-state index is 3.41. The minimum Gasteiger partial charge on any atom is -0.384 e. The van der Waals surface area contributed by atoms with Crippen LogP contribution in [0.15, 0.2) is 18.2 Å². The first-order valence-corrected chi connectivity index (χ1v) is 6.76. The van der Waals surface area contributed by atoms with Crippen molar-refractivity contribution in [2.45, 2.75) is 45.7 Å². The summed E-state index contributed by atoms with van der Waals surface area (Å²) in [6, 6.07) is 7.53. The van der Waals surface area contributed by atoms with Crippen LogP contribution in [0.2, 0.25) is 0 Å². The Kier molecular flexibility index (Phi) is 4.06. The summed E-state index contributed by atoms with van der Waals surface area (Å²) in [6.45, 7) is 6.74. The lowest BCUT2D eigenvalue weighted by atomic mass is 10.1. The van der Waals surface area contributed by atoms with Gasteiger partial charge in [-0.05, 0) is 44.0 Å². The molecule has 0 amide bonds. The second-order valence-electron chi connectivity index (χ2n) is 5.22. The average molecular weight is 232 g/mol. The zero-order chi connectivity index (χ0) is 12.3. The van der Waals surface area contributed by atoms with Crippen LogP contribution in [0.4, 0.5) is 5.69 Å². The third-order valence-corrected chi connectivity index (χ3v) is 3.77. The van der Waals surface area contributed by atoms with Gasteiger partial charge in [0, 0.05) is 24.8 Å². The number of hydrogen-bond donors (Lipinski definition) is 1. The van der Waals surface area contributed by atoms with Gasteiger partial charge in [-0.1, -0.05) is 25.5 Å². The van der Waals surface area contributed by atoms with Gasteiger partial charge in [0.15, 0.2) is 0 Å². The van der Waals surface area contributed by atoms with Gasteiger partial charge >= 0.3 is 0 Å². The second-order valence-corrected chi connectivity index (χ2v) is 5.22. The highest BCUT2D eigenvalue weighted by atomic mass is 15.1. The van der Waals surface area contributed by atoms with Gasteiger partial charge in [-0.2, -0.15) is 0 Å². The molecule has 1 aliphatic heterocycles. The van der Waals surface area contributed by atoms with Crippen molar-refractivity contribution in [3.05, 3.63) is 29.3 Å². The van der Waals surface area contributed by atoms with Gasteiger partial charge in [-0.25, -0.2) is 0 Å². The van der Waals surface area contributed by atoms with Gasteiger partial charge in [0.2, 0.25) is 0 Å². The van der Waals surface area contributed by atoms with E-state index in [0.29, 0.717) is 6.04 Å². The monoisotopic (exact) mass is 232 g/mol. The summed E-state index contributed by atoms with van der Waals surface area (Å²) in [4.78, 5) is 2.45. The molecule has 1 N–H and O–H groups in total. The van der Waals surface area contributed by atoms with Crippen molar-refractivity contribution >= 4 is 5.69 Å². The standard InChI is InChI=1S/C15H24N2/c1-4-5-12(2)17(3)11-13-6-7-15-14(10-13)8-9-16-15/h6-7,10,12,16H,4-5,8-9,11H2,1-3H3. The Morgan fingerprint density at radius 2 is 2.24 bits per heavy atom. The van der Waals surface area contributed by atoms with E-state index in [0.717, 1.165) is 13.1 Å². The van der Waals surface area contributed by atoms with E-state index in [4.69, 9.17) is 0 Å². The summed E-state index contributed by atoms with van der Waals surface area (Å²) < 4.78 is 0. The largest absolute Gasteiger partial charge is 0.384 e. The topological polar surface area (TPSA) is 15.3 Å². The fourth-order valence-corrected chi connectivity index (χ4v) is 2.54. The van der Waals surface area contributed by atoms with Crippen LogP contribution in [0.3, 0.4) is 0 Å². The first-order valence-electron chi connectivity index (χ1n) is 6.76. The summed E-state index contributed by atoms with van der Waals surface area (Å²) >= 11 is 0. The SMILES string of the molecule is CCCC(C)N(C)Cc1ccc2c(c1)CCN2. The fraction of sp³-hybridized carbons (Fsp3) is 0.600. The number of benzene rings is 1. The lowest BCUT2D eigenvalue weighted by Gasteiger charge is -2.24. The molecule has 1 atom stereocenters. The fourth-order valence-electron chi connectivity index (χ4n) is 2.54. The summed E-state index contributed by atoms with van der Waals surface area (Å²) in [7, 11) is 2.23. The highest BCUT2D eigenvalue weighted by molar-refractivity contribution is 5.56. The molecular weight excluding hydrogens is 208 g/mol. The van der Waals surface area contributed by atoms with Crippen molar-refractivity contribution in [3.63, 3.8) is 0 Å². The maximum Gasteiger partial charge on any atom is 0.0373 e. The molecule has 1 aromatic rings. The van der Waals surface area contributed by atoms with E-state index in [1.54, 1.807) is 0 Å². The molecule has 0 aromatic heterocycles. The van der Waals surface area contributed by atoms with Gasteiger partial charge in [0.1, 0.15) is 0 Å². The van der Waals surface area contributed by atoms with Crippen molar-refractivity contribution in [3.8, 4) is 0 Å². The molecule has 2 heteroatoms. The summed E-state index contributed by atoms with van der Waals surface area (Å²) in [5.74, 6) is 0. The van der Waals surface area contributed by atoms with E-state index in [9.17, 15) is 0 Å². The lowest BCUT2D eigenvalue weighted by Crippen LogP contribution is -2.28. The molecule has 1 unspecified atom stereocenters. The highest BCUT2D eigenvalue weighted by Crippen LogP contribution is 2.23. The maximum atomic E-state index is 3.41. The van der Waals surface area contributed by atoms with E-state index >= 15 is 0 Å². The molecule has 2 nitrogen and oxygen atoms in total. The number of anilines is 1. The van der Waals surface area contributed by atoms with E-state index < -0.39 is 0 Å². The van der Waals surface area contributed by atoms with Gasteiger partial charge in [-0.15, -0.1) is 0 Å². The molecule has 1 aromatic carbocycles. The Labute approximate surface area is 105 Å². The van der Waals surface area contributed by atoms with Gasteiger partial charge in [0.05, 0.1) is 0 Å². The van der Waals surface area contributed by atoms with Crippen molar-refractivity contribution in [2.75, 3.05) is 18.9 Å². The predicted octanol–water partition coefficient (Wildman–Crippen LogP) is 3.28. The van der Waals surface area contributed by atoms with Crippen molar-refractivity contribution < 1.29 is 0 Å². The van der Waals surface area contributed by atoms with E-state index in [1.807, 2.05) is 0 Å². The third-order valence-electron chi connectivity index (χ3n) is 3.77. The summed E-state index contributed by atoms with van der Waals surface area (Å²) in [6.07, 6.45) is 3.72. The lowest BCUT2D eigenvalue weighted by molar-refractivity contribution is 0.237. The van der Waals surface area contributed by atoms with Crippen molar-refractivity contribution in [2.24, 2.45) is 0 Å². The molecule has 94 valence electrons. The van der Waals surface area contributed by atoms with E-state index in [2.05, 4.69) is 49.3 Å². The number of nitrogens with zero attached hydrogens (tertiary/aromatic N) is 1. The Balaban J connectivity index is 1.99. The van der Waals surface area contributed by atoms with Crippen LogP contribution >= 0.6 is 0 Å². The van der Waals surface area contributed by atoms with Gasteiger partial charge < -0.3 is 5.32 Å². The molecule has 0 spiro atoms. The molecule has 0 saturated heterocycles. The zero-order valence-corrected chi connectivity index (χ0v) is 11.3. The van der Waals surface area contributed by atoms with Crippen molar-refractivity contribution in [1.82, 2.24) is 4.90 Å². The number of rotatable bonds is 5. The Hall–Kier alpha value is -1.02. The van der Waals surface area contributed by atoms with Crippen molar-refractivity contribution in [1.29, 1.82) is 0 Å². The van der Waals surface area contributed by atoms with Gasteiger partial charge in [0.25, 0.3) is 0 Å². The molecule has 2 rings (SSSR count). The Morgan fingerprint density at radius 1 is 1.41 bits per heavy atom. The van der Waals surface area contributed by atoms with Crippen LogP contribution in [-0.2, 0) is 13.0 Å². The molecule has 0 saturated carbocycles. The molecule has 0 radical (unpaired) electrons. The third kappa shape index (κ3) is 3.01. The number of nitrogens with one attached hydrogen (secondary N) is 1. The van der Waals surface area contributed by atoms with Crippen LogP contribution in [-0.4, -0.2) is 24.5 Å². The summed E-state index contributed by atoms with van der Waals surface area (Å²) in [5.41, 5.74) is 4.26. The molecule has 1 heterocycles. The van der Waals surface area contributed by atoms with Crippen LogP contribution in [0.25, 0.3) is 0 Å². The summed E-state index contributed by atoms with van der Waals surface area (Å²) in [5, 5.41) is 3.41. The quantitative estimate of drug-likeness (QED) is 0.838. The van der Waals surface area contributed by atoms with E-state index in [-0.39, 0.29) is 0 Å². The van der Waals surface area contributed by atoms with Crippen LogP contribution in [0.1, 0.15) is 37.8 Å². The minimum absolute atomic E-state index is 0.673. The van der Waals surface area contributed by atoms with Gasteiger partial charge in [-0.3, -0.25) is 4.90 Å². The molecule has 0 aliphatic carbocycles. The molecule has 1 aliphatic rings. The predicted molar refractivity (Wildman–Crippen MR) is 74.5 cm³/mol. The molecule has 17 heavy (non-hydrogen) atoms. The van der Waals surface area contributed by atoms with E-state index in [1.165, 1.54) is 36.1 Å². The number of hydrogen-bond acceptors (Lipinski definition) is 2. The average Bonchev–Trinajstić information content (AvgIpc) is 2.76. The normalized spacial score (nSPS) is 15.8. The second kappa shape index (κ2) is 5.54. The minimum atomic E-state index is 0.673. The van der Waals surface area contributed by atoms with Crippen LogP contribution < -0.4 is 5.32 Å². The first-order chi connectivity index (χ1) is 8.20. The van der Waals surface area contributed by atoms with Crippen LogP contribution in [0.5, 0.6) is 0 Å². The first kappa shape index (κ1) is 12.4. The number of fused-ring (bicyclic) bond motifs is 1. The smallest absolute Gasteiger partial charge is 0.0373 e. The highest BCUT2D eigenvalue weighted by Gasteiger charge is 2.12. The van der Waals surface area contributed by atoms with Crippen LogP contribution in [0, 0.1) is 0 Å². The molecule has 0 bridgehead atoms. The molecular formula is C15H24N2. The zero-order valence-electron chi connectivity index (χ0n) is 11.3. The molecule has 0 fully saturated rings.